The van der Waals surface area contributed by atoms with Crippen molar-refractivity contribution in [2.24, 2.45) is 0 Å². The normalized spacial score (nSPS) is 19.4. The largest absolute Gasteiger partial charge is 0.497 e. The van der Waals surface area contributed by atoms with Crippen molar-refractivity contribution in [1.82, 2.24) is 10.2 Å². The van der Waals surface area contributed by atoms with E-state index in [0.29, 0.717) is 19.5 Å². The third kappa shape index (κ3) is 4.87. The average molecular weight is 368 g/mol. The number of urea groups is 1. The number of benzene rings is 1. The summed E-state index contributed by atoms with van der Waals surface area (Å²) in [5.41, 5.74) is 0.850. The number of methoxy groups -OCH3 is 1. The molecule has 1 saturated heterocycles. The maximum Gasteiger partial charge on any atom is 0.317 e. The molecule has 0 radical (unpaired) electrons. The highest BCUT2D eigenvalue weighted by Gasteiger charge is 2.34. The molecule has 1 N–H and O–H groups in total. The number of nitrogens with one attached hydrogen (secondary N) is 1. The third-order valence-electron chi connectivity index (χ3n) is 4.80. The molecule has 0 spiro atoms. The number of hydrogen-bond donors (Lipinski definition) is 1. The van der Waals surface area contributed by atoms with Gasteiger partial charge in [-0.2, -0.15) is 0 Å². The monoisotopic (exact) mass is 368 g/mol. The number of carbonyl (C=O) groups is 1. The van der Waals surface area contributed by atoms with Crippen molar-refractivity contribution in [3.05, 3.63) is 29.8 Å². The molecular weight excluding hydrogens is 340 g/mol. The molecule has 1 aliphatic heterocycles. The summed E-state index contributed by atoms with van der Waals surface area (Å²) in [6.07, 6.45) is 0.519. The van der Waals surface area contributed by atoms with Crippen LogP contribution in [0.1, 0.15) is 32.8 Å². The highest BCUT2D eigenvalue weighted by atomic mass is 32.2. The van der Waals surface area contributed by atoms with E-state index in [1.807, 2.05) is 31.2 Å². The van der Waals surface area contributed by atoms with Crippen molar-refractivity contribution in [3.63, 3.8) is 0 Å². The second kappa shape index (κ2) is 7.64. The minimum atomic E-state index is -3.01. The zero-order valence-corrected chi connectivity index (χ0v) is 16.2. The number of sulfone groups is 1. The maximum absolute atomic E-state index is 12.6. The fraction of sp³-hybridized carbons (Fsp3) is 0.611. The Balaban J connectivity index is 1.99. The van der Waals surface area contributed by atoms with Crippen LogP contribution in [0.15, 0.2) is 24.3 Å². The van der Waals surface area contributed by atoms with Crippen LogP contribution in [0.5, 0.6) is 5.75 Å². The Labute approximate surface area is 150 Å². The summed E-state index contributed by atoms with van der Waals surface area (Å²) >= 11 is 0. The van der Waals surface area contributed by atoms with Crippen molar-refractivity contribution in [2.75, 3.05) is 31.7 Å². The standard InChI is InChI=1S/C18H28N2O4S/c1-5-20(15-10-11-25(22,23)12-15)17(21)19-13-18(2,3)14-6-8-16(24-4)9-7-14/h6-9,15H,5,10-13H2,1-4H3,(H,19,21). The number of nitrogens with zero attached hydrogens (tertiary/aromatic N) is 1. The minimum absolute atomic E-state index is 0.0656. The van der Waals surface area contributed by atoms with Crippen LogP contribution in [0, 0.1) is 0 Å². The van der Waals surface area contributed by atoms with Crippen molar-refractivity contribution < 1.29 is 17.9 Å². The molecule has 6 nitrogen and oxygen atoms in total. The van der Waals surface area contributed by atoms with Crippen LogP contribution in [0.3, 0.4) is 0 Å². The van der Waals surface area contributed by atoms with Gasteiger partial charge < -0.3 is 15.0 Å². The highest BCUT2D eigenvalue weighted by Crippen LogP contribution is 2.25. The summed E-state index contributed by atoms with van der Waals surface area (Å²) in [4.78, 5) is 14.2. The fourth-order valence-corrected chi connectivity index (χ4v) is 4.86. The van der Waals surface area contributed by atoms with E-state index in [0.717, 1.165) is 11.3 Å². The van der Waals surface area contributed by atoms with E-state index in [2.05, 4.69) is 19.2 Å². The van der Waals surface area contributed by atoms with E-state index < -0.39 is 9.84 Å². The molecule has 140 valence electrons. The number of ether oxygens (including phenoxy) is 1. The van der Waals surface area contributed by atoms with Gasteiger partial charge >= 0.3 is 6.03 Å². The van der Waals surface area contributed by atoms with Crippen LogP contribution < -0.4 is 10.1 Å². The molecule has 1 aromatic rings. The molecular formula is C18H28N2O4S. The molecule has 1 aliphatic rings. The summed E-state index contributed by atoms with van der Waals surface area (Å²) < 4.78 is 28.5. The lowest BCUT2D eigenvalue weighted by Gasteiger charge is -2.31. The van der Waals surface area contributed by atoms with Crippen LogP contribution in [0.4, 0.5) is 4.79 Å². The molecule has 0 aromatic heterocycles. The zero-order valence-electron chi connectivity index (χ0n) is 15.4. The van der Waals surface area contributed by atoms with Gasteiger partial charge in [0.25, 0.3) is 0 Å². The summed E-state index contributed by atoms with van der Waals surface area (Å²) in [7, 11) is -1.38. The fourth-order valence-electron chi connectivity index (χ4n) is 3.13. The predicted molar refractivity (Wildman–Crippen MR) is 98.9 cm³/mol. The number of amides is 2. The highest BCUT2D eigenvalue weighted by molar-refractivity contribution is 7.91. The van der Waals surface area contributed by atoms with Gasteiger partial charge in [-0.15, -0.1) is 0 Å². The topological polar surface area (TPSA) is 75.7 Å². The Morgan fingerprint density at radius 3 is 2.44 bits per heavy atom. The maximum atomic E-state index is 12.6. The van der Waals surface area contributed by atoms with Gasteiger partial charge in [0.1, 0.15) is 5.75 Å². The molecule has 0 saturated carbocycles. The van der Waals surface area contributed by atoms with Crippen molar-refractivity contribution >= 4 is 15.9 Å². The second-order valence-electron chi connectivity index (χ2n) is 7.11. The van der Waals surface area contributed by atoms with Gasteiger partial charge in [-0.3, -0.25) is 0 Å². The van der Waals surface area contributed by atoms with Gasteiger partial charge in [0.15, 0.2) is 9.84 Å². The smallest absolute Gasteiger partial charge is 0.317 e. The van der Waals surface area contributed by atoms with E-state index >= 15 is 0 Å². The zero-order chi connectivity index (χ0) is 18.7. The number of carbonyl (C=O) groups excluding carboxylic acids is 1. The van der Waals surface area contributed by atoms with Crippen LogP contribution >= 0.6 is 0 Å². The summed E-state index contributed by atoms with van der Waals surface area (Å²) in [5.74, 6) is 1.03. The molecule has 2 amide bonds. The minimum Gasteiger partial charge on any atom is -0.497 e. The van der Waals surface area contributed by atoms with Gasteiger partial charge in [-0.1, -0.05) is 26.0 Å². The van der Waals surface area contributed by atoms with Crippen LogP contribution in [-0.2, 0) is 15.3 Å². The molecule has 1 atom stereocenters. The van der Waals surface area contributed by atoms with Gasteiger partial charge in [0, 0.05) is 24.5 Å². The first-order chi connectivity index (χ1) is 11.7. The van der Waals surface area contributed by atoms with Gasteiger partial charge in [0.05, 0.1) is 18.6 Å². The van der Waals surface area contributed by atoms with Gasteiger partial charge in [-0.05, 0) is 31.0 Å². The van der Waals surface area contributed by atoms with Gasteiger partial charge in [-0.25, -0.2) is 13.2 Å². The second-order valence-corrected chi connectivity index (χ2v) is 9.34. The van der Waals surface area contributed by atoms with E-state index in [1.54, 1.807) is 12.0 Å². The van der Waals surface area contributed by atoms with Crippen LogP contribution in [-0.4, -0.2) is 57.1 Å². The van der Waals surface area contributed by atoms with Crippen molar-refractivity contribution in [2.45, 2.75) is 38.6 Å². The Hall–Kier alpha value is -1.76. The van der Waals surface area contributed by atoms with Gasteiger partial charge in [0.2, 0.25) is 0 Å². The van der Waals surface area contributed by atoms with Crippen LogP contribution in [0.25, 0.3) is 0 Å². The molecule has 1 unspecified atom stereocenters. The summed E-state index contributed by atoms with van der Waals surface area (Å²) in [5, 5.41) is 2.97. The molecule has 1 fully saturated rings. The Kier molecular flexibility index (Phi) is 5.98. The quantitative estimate of drug-likeness (QED) is 0.835. The molecule has 1 aromatic carbocycles. The Morgan fingerprint density at radius 1 is 1.32 bits per heavy atom. The lowest BCUT2D eigenvalue weighted by atomic mass is 9.84. The van der Waals surface area contributed by atoms with E-state index in [9.17, 15) is 13.2 Å². The lowest BCUT2D eigenvalue weighted by molar-refractivity contribution is 0.181. The average Bonchev–Trinajstić information content (AvgIpc) is 2.93. The lowest BCUT2D eigenvalue weighted by Crippen LogP contribution is -2.49. The molecule has 0 bridgehead atoms. The van der Waals surface area contributed by atoms with Crippen molar-refractivity contribution in [1.29, 1.82) is 0 Å². The SMILES string of the molecule is CCN(C(=O)NCC(C)(C)c1ccc(OC)cc1)C1CCS(=O)(=O)C1. The first-order valence-electron chi connectivity index (χ1n) is 8.58. The number of rotatable bonds is 6. The van der Waals surface area contributed by atoms with E-state index in [1.165, 1.54) is 0 Å². The van der Waals surface area contributed by atoms with E-state index in [-0.39, 0.29) is 29.0 Å². The first-order valence-corrected chi connectivity index (χ1v) is 10.4. The molecule has 7 heteroatoms. The summed E-state index contributed by atoms with van der Waals surface area (Å²) in [6.45, 7) is 6.96. The Morgan fingerprint density at radius 2 is 1.96 bits per heavy atom. The molecule has 2 rings (SSSR count). The Bertz CT molecular complexity index is 698. The third-order valence-corrected chi connectivity index (χ3v) is 6.55. The molecule has 25 heavy (non-hydrogen) atoms. The van der Waals surface area contributed by atoms with Crippen molar-refractivity contribution in [3.8, 4) is 5.75 Å². The van der Waals surface area contributed by atoms with E-state index in [4.69, 9.17) is 4.74 Å². The summed E-state index contributed by atoms with van der Waals surface area (Å²) in [6, 6.07) is 7.37. The van der Waals surface area contributed by atoms with Crippen LogP contribution in [0.2, 0.25) is 0 Å². The predicted octanol–water partition coefficient (Wildman–Crippen LogP) is 2.19. The number of hydrogen-bond acceptors (Lipinski definition) is 4. The molecule has 1 heterocycles. The first kappa shape index (κ1) is 19.6. The molecule has 0 aliphatic carbocycles.